The molecule has 1 fully saturated rings. The minimum absolute atomic E-state index is 0.0726. The Kier molecular flexibility index (Phi) is 18.4. The van der Waals surface area contributed by atoms with Gasteiger partial charge >= 0.3 is 86.3 Å². The number of alkyl halides is 6. The Labute approximate surface area is 295 Å². The third-order valence-corrected chi connectivity index (χ3v) is 5.70. The van der Waals surface area contributed by atoms with Crippen molar-refractivity contribution in [2.45, 2.75) is 31.5 Å². The average molecular weight is 751 g/mol. The number of benzene rings is 2. The zero-order valence-electron chi connectivity index (χ0n) is 24.3. The van der Waals surface area contributed by atoms with Crippen molar-refractivity contribution in [1.82, 2.24) is 20.3 Å². The molecule has 16 nitrogen and oxygen atoms in total. The number of aromatic nitrogens is 4. The van der Waals surface area contributed by atoms with Gasteiger partial charge in [-0.1, -0.05) is 34.6 Å². The molecule has 5 rings (SSSR count). The molecule has 0 spiro atoms. The first-order valence-electron chi connectivity index (χ1n) is 12.8. The van der Waals surface area contributed by atoms with E-state index in [0.29, 0.717) is 11.3 Å². The number of ether oxygens (including phenoxy) is 1. The number of hydrogen-bond acceptors (Lipinski definition) is 15. The molecule has 0 amide bonds. The SMILES string of the molecule is Nc1cccc(-c2noc(C(F)(F)F)n2)c1.O=S(=O)=S(=O)=O.O=[N+]([O-])c1cccc(-c2noc(C(F)(F)F)n2)c1.OC1CCCO1.[Na][Na]. The second-order valence-electron chi connectivity index (χ2n) is 8.15. The van der Waals surface area contributed by atoms with E-state index in [2.05, 4.69) is 29.3 Å². The van der Waals surface area contributed by atoms with Crippen molar-refractivity contribution in [3.05, 3.63) is 70.4 Å². The van der Waals surface area contributed by atoms with Gasteiger partial charge < -0.3 is 24.6 Å². The molecule has 48 heavy (non-hydrogen) atoms. The number of nitrogen functional groups attached to an aromatic ring is 1. The molecule has 3 heterocycles. The van der Waals surface area contributed by atoms with Crippen LogP contribution in [-0.2, 0) is 35.6 Å². The number of aliphatic hydroxyl groups is 1. The van der Waals surface area contributed by atoms with Gasteiger partial charge in [0.05, 0.1) is 4.92 Å². The Morgan fingerprint density at radius 2 is 1.31 bits per heavy atom. The number of nitro groups is 1. The molecule has 1 saturated heterocycles. The molecule has 0 radical (unpaired) electrons. The van der Waals surface area contributed by atoms with Crippen LogP contribution in [0.15, 0.2) is 57.6 Å². The Hall–Kier alpha value is -2.94. The fourth-order valence-corrected chi connectivity index (χ4v) is 2.91. The van der Waals surface area contributed by atoms with Gasteiger partial charge in [-0.15, -0.1) is 0 Å². The first kappa shape index (κ1) is 43.1. The minimum atomic E-state index is -4.74. The zero-order valence-corrected chi connectivity index (χ0v) is 30.0. The van der Waals surface area contributed by atoms with E-state index in [-0.39, 0.29) is 22.9 Å². The van der Waals surface area contributed by atoms with Crippen molar-refractivity contribution in [3.8, 4) is 22.8 Å². The fourth-order valence-electron chi connectivity index (χ4n) is 2.91. The molecular weight excluding hydrogens is 732 g/mol. The summed E-state index contributed by atoms with van der Waals surface area (Å²) in [6, 6.07) is 11.1. The summed E-state index contributed by atoms with van der Waals surface area (Å²) in [5.74, 6) is -3.36. The topological polar surface area (TPSA) is 245 Å². The normalized spacial score (nSPS) is 13.6. The van der Waals surface area contributed by atoms with E-state index in [1.165, 1.54) is 67.9 Å². The number of nitrogens with zero attached hydrogens (tertiary/aromatic N) is 5. The second-order valence-corrected chi connectivity index (χ2v) is 10.6. The molecule has 2 aromatic heterocycles. The van der Waals surface area contributed by atoms with E-state index in [0.717, 1.165) is 25.5 Å². The molecule has 2 aromatic carbocycles. The van der Waals surface area contributed by atoms with Crippen LogP contribution in [0.25, 0.3) is 22.8 Å². The van der Waals surface area contributed by atoms with Crippen molar-refractivity contribution < 1.29 is 67.0 Å². The number of non-ortho nitro benzene ring substituents is 1. The molecular formula is C22H18F6N6Na2O10S2. The van der Waals surface area contributed by atoms with Gasteiger partial charge in [0.1, 0.15) is 0 Å². The van der Waals surface area contributed by atoms with Crippen LogP contribution >= 0.6 is 0 Å². The Bertz CT molecular complexity index is 1840. The van der Waals surface area contributed by atoms with Crippen LogP contribution in [0.2, 0.25) is 0 Å². The number of nitro benzene ring substituents is 1. The molecule has 3 N–H and O–H groups in total. The van der Waals surface area contributed by atoms with E-state index in [1.54, 1.807) is 18.2 Å². The van der Waals surface area contributed by atoms with Gasteiger partial charge in [-0.05, 0) is 18.6 Å². The van der Waals surface area contributed by atoms with Gasteiger partial charge in [-0.3, -0.25) is 10.1 Å². The summed E-state index contributed by atoms with van der Waals surface area (Å²) < 4.78 is 122. The summed E-state index contributed by atoms with van der Waals surface area (Å²) in [6.07, 6.45) is -8.00. The fraction of sp³-hybridized carbons (Fsp3) is 0.273. The number of halogens is 6. The van der Waals surface area contributed by atoms with E-state index in [4.69, 9.17) is 32.4 Å². The summed E-state index contributed by atoms with van der Waals surface area (Å²) in [6.45, 7) is 0.737. The molecule has 252 valence electrons. The molecule has 1 aliphatic rings. The molecule has 4 aromatic rings. The van der Waals surface area contributed by atoms with E-state index in [9.17, 15) is 36.5 Å². The first-order valence-corrected chi connectivity index (χ1v) is 23.5. The van der Waals surface area contributed by atoms with Crippen molar-refractivity contribution in [3.63, 3.8) is 0 Å². The van der Waals surface area contributed by atoms with Crippen LogP contribution in [-0.4, -0.2) is 104 Å². The van der Waals surface area contributed by atoms with Gasteiger partial charge in [0.2, 0.25) is 11.6 Å². The van der Waals surface area contributed by atoms with Gasteiger partial charge in [0, 0.05) is 42.0 Å². The Morgan fingerprint density at radius 1 is 0.854 bits per heavy atom. The van der Waals surface area contributed by atoms with Crippen LogP contribution < -0.4 is 5.73 Å². The number of hydrogen-bond donors (Lipinski definition) is 2. The average Bonchev–Trinajstić information content (AvgIpc) is 3.81. The summed E-state index contributed by atoms with van der Waals surface area (Å²) in [5.41, 5.74) is 6.07. The summed E-state index contributed by atoms with van der Waals surface area (Å²) in [4.78, 5) is 16.2. The van der Waals surface area contributed by atoms with Crippen molar-refractivity contribution in [2.24, 2.45) is 0 Å². The number of nitrogens with two attached hydrogens (primary N) is 1. The van der Waals surface area contributed by atoms with Crippen molar-refractivity contribution in [2.75, 3.05) is 12.3 Å². The third kappa shape index (κ3) is 15.5. The molecule has 0 saturated carbocycles. The Morgan fingerprint density at radius 3 is 1.62 bits per heavy atom. The van der Waals surface area contributed by atoms with E-state index >= 15 is 0 Å². The maximum atomic E-state index is 12.2. The van der Waals surface area contributed by atoms with E-state index in [1.807, 2.05) is 0 Å². The Balaban J connectivity index is 0.000000348. The third-order valence-electron chi connectivity index (χ3n) is 4.81. The zero-order chi connectivity index (χ0) is 36.7. The van der Waals surface area contributed by atoms with Crippen LogP contribution in [0.5, 0.6) is 0 Å². The van der Waals surface area contributed by atoms with Crippen LogP contribution in [0.1, 0.15) is 24.6 Å². The van der Waals surface area contributed by atoms with Crippen LogP contribution in [0.3, 0.4) is 0 Å². The van der Waals surface area contributed by atoms with Gasteiger partial charge in [0.15, 0.2) is 6.29 Å². The predicted octanol–water partition coefficient (Wildman–Crippen LogP) is 3.01. The molecule has 0 aliphatic carbocycles. The van der Waals surface area contributed by atoms with Gasteiger partial charge in [-0.25, -0.2) is 0 Å². The number of rotatable bonds is 3. The number of anilines is 1. The molecule has 1 atom stereocenters. The molecule has 1 aliphatic heterocycles. The predicted molar refractivity (Wildman–Crippen MR) is 151 cm³/mol. The monoisotopic (exact) mass is 750 g/mol. The molecule has 1 unspecified atom stereocenters. The standard InChI is InChI=1S/C9H4F3N3O3.C9H6F3N3O.C4H8O2.2Na.O4S2/c10-9(11,12)8-13-7(14-18-8)5-2-1-3-6(4-5)15(16)17;10-9(11,12)8-14-7(15-16-8)5-2-1-3-6(13)4-5;5-4-2-1-3-6-4;;;1-5(2)6(3)4/h1-4H;1-4H,13H2;4-5H,1-3H2;;;. The number of aliphatic hydroxyl groups excluding tert-OH is 1. The van der Waals surface area contributed by atoms with Crippen molar-refractivity contribution in [1.29, 1.82) is 0 Å². The first-order chi connectivity index (χ1) is 22.4. The van der Waals surface area contributed by atoms with Crippen LogP contribution in [0, 0.1) is 10.1 Å². The molecule has 0 bridgehead atoms. The van der Waals surface area contributed by atoms with Crippen molar-refractivity contribution >= 4 is 73.5 Å². The van der Waals surface area contributed by atoms with Gasteiger partial charge in [0.25, 0.3) is 5.69 Å². The summed E-state index contributed by atoms with van der Waals surface area (Å²) >= 11 is 2.89. The maximum absolute atomic E-state index is 12.2. The van der Waals surface area contributed by atoms with E-state index < -0.39 is 53.9 Å². The summed E-state index contributed by atoms with van der Waals surface area (Å²) in [5, 5.41) is 25.4. The second kappa shape index (κ2) is 20.5. The van der Waals surface area contributed by atoms with Gasteiger partial charge in [-0.2, -0.15) is 53.1 Å². The molecule has 26 heteroatoms. The quantitative estimate of drug-likeness (QED) is 0.100. The summed E-state index contributed by atoms with van der Waals surface area (Å²) in [7, 11) is -5.90. The van der Waals surface area contributed by atoms with Crippen LogP contribution in [0.4, 0.5) is 37.7 Å².